The van der Waals surface area contributed by atoms with Crippen molar-refractivity contribution in [3.63, 3.8) is 0 Å². The van der Waals surface area contributed by atoms with Gasteiger partial charge in [0.2, 0.25) is 0 Å². The van der Waals surface area contributed by atoms with Crippen LogP contribution in [0.4, 0.5) is 4.39 Å². The molecule has 0 saturated carbocycles. The van der Waals surface area contributed by atoms with Crippen molar-refractivity contribution in [3.05, 3.63) is 28.8 Å². The lowest BCUT2D eigenvalue weighted by Crippen LogP contribution is -2.30. The minimum absolute atomic E-state index is 0.0254. The van der Waals surface area contributed by atoms with E-state index in [0.717, 1.165) is 11.1 Å². The van der Waals surface area contributed by atoms with Gasteiger partial charge in [0.15, 0.2) is 5.67 Å². The van der Waals surface area contributed by atoms with E-state index in [0.29, 0.717) is 17.7 Å². The largest absolute Gasteiger partial charge is 0.496 e. The van der Waals surface area contributed by atoms with Crippen LogP contribution in [-0.4, -0.2) is 13.7 Å². The van der Waals surface area contributed by atoms with Gasteiger partial charge in [-0.25, -0.2) is 4.39 Å². The molecule has 0 amide bonds. The molecule has 1 rings (SSSR count). The summed E-state index contributed by atoms with van der Waals surface area (Å²) in [5.41, 5.74) is 6.66. The number of alkyl halides is 1. The number of rotatable bonds is 4. The van der Waals surface area contributed by atoms with Crippen LogP contribution in [0.3, 0.4) is 0 Å². The molecular formula is C13H20FNO. The summed E-state index contributed by atoms with van der Waals surface area (Å²) in [5, 5.41) is 0. The van der Waals surface area contributed by atoms with Gasteiger partial charge in [0, 0.05) is 12.1 Å². The SMILES string of the molecule is CCC(F)(CN)c1ccc(C)c(C)c1OC. The molecular weight excluding hydrogens is 205 g/mol. The van der Waals surface area contributed by atoms with Gasteiger partial charge in [0.1, 0.15) is 5.75 Å². The average molecular weight is 225 g/mol. The van der Waals surface area contributed by atoms with Crippen LogP contribution in [0.15, 0.2) is 12.1 Å². The number of ether oxygens (including phenoxy) is 1. The highest BCUT2D eigenvalue weighted by molar-refractivity contribution is 5.48. The van der Waals surface area contributed by atoms with E-state index in [2.05, 4.69) is 0 Å². The first-order valence-electron chi connectivity index (χ1n) is 5.53. The number of benzene rings is 1. The zero-order valence-electron chi connectivity index (χ0n) is 10.4. The molecule has 0 aliphatic rings. The fraction of sp³-hybridized carbons (Fsp3) is 0.538. The summed E-state index contributed by atoms with van der Waals surface area (Å²) in [6.07, 6.45) is 0.350. The Kier molecular flexibility index (Phi) is 3.92. The Morgan fingerprint density at radius 3 is 2.44 bits per heavy atom. The Hall–Kier alpha value is -1.09. The van der Waals surface area contributed by atoms with Crippen LogP contribution in [0, 0.1) is 13.8 Å². The summed E-state index contributed by atoms with van der Waals surface area (Å²) in [6.45, 7) is 5.68. The second-order valence-corrected chi connectivity index (χ2v) is 4.11. The van der Waals surface area contributed by atoms with Gasteiger partial charge in [0.05, 0.1) is 7.11 Å². The quantitative estimate of drug-likeness (QED) is 0.855. The Morgan fingerprint density at radius 1 is 1.38 bits per heavy atom. The van der Waals surface area contributed by atoms with Gasteiger partial charge in [-0.15, -0.1) is 0 Å². The molecule has 1 aromatic carbocycles. The third-order valence-corrected chi connectivity index (χ3v) is 3.25. The third-order valence-electron chi connectivity index (χ3n) is 3.25. The van der Waals surface area contributed by atoms with E-state index in [9.17, 15) is 4.39 Å². The van der Waals surface area contributed by atoms with Crippen molar-refractivity contribution in [2.45, 2.75) is 32.9 Å². The van der Waals surface area contributed by atoms with Crippen LogP contribution < -0.4 is 10.5 Å². The lowest BCUT2D eigenvalue weighted by molar-refractivity contribution is 0.163. The minimum Gasteiger partial charge on any atom is -0.496 e. The van der Waals surface area contributed by atoms with E-state index < -0.39 is 5.67 Å². The first-order chi connectivity index (χ1) is 7.50. The maximum Gasteiger partial charge on any atom is 0.151 e. The van der Waals surface area contributed by atoms with Crippen LogP contribution in [0.1, 0.15) is 30.0 Å². The Morgan fingerprint density at radius 2 is 2.00 bits per heavy atom. The highest BCUT2D eigenvalue weighted by Crippen LogP contribution is 2.38. The summed E-state index contributed by atoms with van der Waals surface area (Å²) < 4.78 is 19.8. The predicted octanol–water partition coefficient (Wildman–Crippen LogP) is 2.85. The maximum absolute atomic E-state index is 14.5. The Balaban J connectivity index is 3.39. The third kappa shape index (κ3) is 2.05. The zero-order valence-corrected chi connectivity index (χ0v) is 10.4. The van der Waals surface area contributed by atoms with E-state index in [1.165, 1.54) is 0 Å². The molecule has 1 atom stereocenters. The van der Waals surface area contributed by atoms with Crippen molar-refractivity contribution in [1.29, 1.82) is 0 Å². The van der Waals surface area contributed by atoms with E-state index in [1.54, 1.807) is 20.1 Å². The van der Waals surface area contributed by atoms with Gasteiger partial charge in [-0.3, -0.25) is 0 Å². The fourth-order valence-electron chi connectivity index (χ4n) is 1.85. The first-order valence-corrected chi connectivity index (χ1v) is 5.53. The van der Waals surface area contributed by atoms with Crippen LogP contribution >= 0.6 is 0 Å². The number of hydrogen-bond donors (Lipinski definition) is 1. The molecule has 0 aliphatic carbocycles. The minimum atomic E-state index is -1.50. The molecule has 0 aromatic heterocycles. The number of nitrogens with two attached hydrogens (primary N) is 1. The van der Waals surface area contributed by atoms with Crippen LogP contribution in [0.5, 0.6) is 5.75 Å². The predicted molar refractivity (Wildman–Crippen MR) is 64.6 cm³/mol. The Bertz CT molecular complexity index is 372. The van der Waals surface area contributed by atoms with Crippen molar-refractivity contribution in [2.75, 3.05) is 13.7 Å². The lowest BCUT2D eigenvalue weighted by Gasteiger charge is -2.26. The van der Waals surface area contributed by atoms with Gasteiger partial charge < -0.3 is 10.5 Å². The van der Waals surface area contributed by atoms with Gasteiger partial charge >= 0.3 is 0 Å². The van der Waals surface area contributed by atoms with Gasteiger partial charge in [-0.1, -0.05) is 19.1 Å². The summed E-state index contributed by atoms with van der Waals surface area (Å²) in [6, 6.07) is 3.68. The topological polar surface area (TPSA) is 35.2 Å². The fourth-order valence-corrected chi connectivity index (χ4v) is 1.85. The molecule has 0 aliphatic heterocycles. The summed E-state index contributed by atoms with van der Waals surface area (Å²) in [4.78, 5) is 0. The van der Waals surface area contributed by atoms with Crippen LogP contribution in [0.25, 0.3) is 0 Å². The highest BCUT2D eigenvalue weighted by Gasteiger charge is 2.32. The van der Waals surface area contributed by atoms with Gasteiger partial charge in [-0.2, -0.15) is 0 Å². The number of halogens is 1. The summed E-state index contributed by atoms with van der Waals surface area (Å²) in [7, 11) is 1.57. The molecule has 16 heavy (non-hydrogen) atoms. The maximum atomic E-state index is 14.5. The monoisotopic (exact) mass is 225 g/mol. The highest BCUT2D eigenvalue weighted by atomic mass is 19.1. The molecule has 0 spiro atoms. The molecule has 2 nitrogen and oxygen atoms in total. The van der Waals surface area contributed by atoms with Crippen molar-refractivity contribution >= 4 is 0 Å². The second kappa shape index (κ2) is 4.83. The number of methoxy groups -OCH3 is 1. The smallest absolute Gasteiger partial charge is 0.151 e. The molecule has 0 radical (unpaired) electrons. The normalized spacial score (nSPS) is 14.6. The summed E-state index contributed by atoms with van der Waals surface area (Å²) >= 11 is 0. The molecule has 2 N–H and O–H groups in total. The van der Waals surface area contributed by atoms with Crippen molar-refractivity contribution in [1.82, 2.24) is 0 Å². The number of hydrogen-bond acceptors (Lipinski definition) is 2. The average Bonchev–Trinajstić information content (AvgIpc) is 2.31. The van der Waals surface area contributed by atoms with E-state index in [4.69, 9.17) is 10.5 Å². The summed E-state index contributed by atoms with van der Waals surface area (Å²) in [5.74, 6) is 0.620. The van der Waals surface area contributed by atoms with E-state index in [1.807, 2.05) is 19.9 Å². The van der Waals surface area contributed by atoms with Crippen molar-refractivity contribution < 1.29 is 9.13 Å². The van der Waals surface area contributed by atoms with E-state index in [-0.39, 0.29) is 6.54 Å². The van der Waals surface area contributed by atoms with Crippen LogP contribution in [0.2, 0.25) is 0 Å². The molecule has 90 valence electrons. The van der Waals surface area contributed by atoms with E-state index >= 15 is 0 Å². The molecule has 1 unspecified atom stereocenters. The first kappa shape index (κ1) is 13.0. The van der Waals surface area contributed by atoms with Gasteiger partial charge in [0.25, 0.3) is 0 Å². The number of aryl methyl sites for hydroxylation is 1. The van der Waals surface area contributed by atoms with Crippen molar-refractivity contribution in [3.8, 4) is 5.75 Å². The van der Waals surface area contributed by atoms with Gasteiger partial charge in [-0.05, 0) is 31.4 Å². The van der Waals surface area contributed by atoms with Crippen molar-refractivity contribution in [2.24, 2.45) is 5.73 Å². The molecule has 0 heterocycles. The Labute approximate surface area is 96.6 Å². The lowest BCUT2D eigenvalue weighted by atomic mass is 9.89. The molecule has 0 bridgehead atoms. The zero-order chi connectivity index (χ0) is 12.3. The molecule has 0 saturated heterocycles. The second-order valence-electron chi connectivity index (χ2n) is 4.11. The molecule has 3 heteroatoms. The van der Waals surface area contributed by atoms with Crippen LogP contribution in [-0.2, 0) is 5.67 Å². The molecule has 1 aromatic rings. The standard InChI is InChI=1S/C13H20FNO/c1-5-13(14,8-15)11-7-6-9(2)10(3)12(11)16-4/h6-7H,5,8,15H2,1-4H3. The molecule has 0 fully saturated rings.